The largest absolute Gasteiger partial charge is 0.384 e. The minimum atomic E-state index is -0.110. The molecule has 2 heteroatoms. The van der Waals surface area contributed by atoms with E-state index in [0.29, 0.717) is 0 Å². The minimum absolute atomic E-state index is 0.0724. The van der Waals surface area contributed by atoms with Gasteiger partial charge in [0.05, 0.1) is 0 Å². The Labute approximate surface area is 85.0 Å². The van der Waals surface area contributed by atoms with E-state index in [9.17, 15) is 0 Å². The molecular weight excluding hydrogens is 174 g/mol. The first-order valence-electron chi connectivity index (χ1n) is 4.60. The summed E-state index contributed by atoms with van der Waals surface area (Å²) in [4.78, 5) is 4.32. The van der Waals surface area contributed by atoms with Crippen molar-refractivity contribution in [3.05, 3.63) is 29.6 Å². The summed E-state index contributed by atoms with van der Waals surface area (Å²) in [7, 11) is 0. The number of aliphatic hydroxyl groups is 1. The molecule has 1 aromatic heterocycles. The maximum Gasteiger partial charge on any atom is 0.104 e. The van der Waals surface area contributed by atoms with Gasteiger partial charge in [-0.2, -0.15) is 0 Å². The molecular formula is C12H15NO. The molecule has 0 spiro atoms. The van der Waals surface area contributed by atoms with Gasteiger partial charge in [0.25, 0.3) is 0 Å². The molecule has 0 fully saturated rings. The molecule has 0 aromatic carbocycles. The standard InChI is InChI=1S/C12H15NO/c1-12(2,3)11-7-6-10(9-13-11)5-4-8-14/h6-7,9,14H,8H2,1-3H3. The molecule has 0 saturated carbocycles. The predicted molar refractivity (Wildman–Crippen MR) is 56.9 cm³/mol. The molecule has 0 aliphatic carbocycles. The zero-order valence-electron chi connectivity index (χ0n) is 8.83. The highest BCUT2D eigenvalue weighted by molar-refractivity contribution is 5.33. The van der Waals surface area contributed by atoms with Gasteiger partial charge in [-0.25, -0.2) is 0 Å². The second-order valence-electron chi connectivity index (χ2n) is 4.14. The van der Waals surface area contributed by atoms with Crippen molar-refractivity contribution in [2.45, 2.75) is 26.2 Å². The fourth-order valence-electron chi connectivity index (χ4n) is 1.05. The molecule has 0 aliphatic heterocycles. The number of aliphatic hydroxyl groups excluding tert-OH is 1. The van der Waals surface area contributed by atoms with Crippen molar-refractivity contribution in [1.82, 2.24) is 4.98 Å². The molecule has 1 aromatic rings. The van der Waals surface area contributed by atoms with Crippen LogP contribution < -0.4 is 0 Å². The SMILES string of the molecule is CC(C)(C)c1ccc(C#CCO)cn1. The highest BCUT2D eigenvalue weighted by atomic mass is 16.2. The van der Waals surface area contributed by atoms with Crippen LogP contribution in [0.5, 0.6) is 0 Å². The van der Waals surface area contributed by atoms with E-state index in [1.807, 2.05) is 12.1 Å². The molecule has 0 saturated heterocycles. The van der Waals surface area contributed by atoms with Crippen molar-refractivity contribution in [3.63, 3.8) is 0 Å². The van der Waals surface area contributed by atoms with Gasteiger partial charge in [0, 0.05) is 22.9 Å². The zero-order valence-corrected chi connectivity index (χ0v) is 8.83. The van der Waals surface area contributed by atoms with Gasteiger partial charge in [-0.15, -0.1) is 0 Å². The van der Waals surface area contributed by atoms with Crippen molar-refractivity contribution in [1.29, 1.82) is 0 Å². The molecule has 2 nitrogen and oxygen atoms in total. The van der Waals surface area contributed by atoms with Crippen LogP contribution in [0, 0.1) is 11.8 Å². The van der Waals surface area contributed by atoms with Gasteiger partial charge in [-0.05, 0) is 12.1 Å². The number of hydrogen-bond donors (Lipinski definition) is 1. The van der Waals surface area contributed by atoms with Gasteiger partial charge in [-0.3, -0.25) is 4.98 Å². The van der Waals surface area contributed by atoms with E-state index in [1.165, 1.54) is 0 Å². The first-order chi connectivity index (χ1) is 6.54. The zero-order chi connectivity index (χ0) is 10.6. The molecule has 1 N–H and O–H groups in total. The summed E-state index contributed by atoms with van der Waals surface area (Å²) in [6.45, 7) is 6.25. The van der Waals surface area contributed by atoms with Crippen LogP contribution in [-0.4, -0.2) is 16.7 Å². The Balaban J connectivity index is 2.89. The van der Waals surface area contributed by atoms with Crippen LogP contribution in [0.4, 0.5) is 0 Å². The lowest BCUT2D eigenvalue weighted by molar-refractivity contribution is 0.350. The lowest BCUT2D eigenvalue weighted by Gasteiger charge is -2.16. The van der Waals surface area contributed by atoms with Crippen LogP contribution in [0.15, 0.2) is 18.3 Å². The van der Waals surface area contributed by atoms with Gasteiger partial charge in [-0.1, -0.05) is 32.6 Å². The molecule has 0 unspecified atom stereocenters. The predicted octanol–water partition coefficient (Wildman–Crippen LogP) is 1.72. The van der Waals surface area contributed by atoms with Crippen molar-refractivity contribution < 1.29 is 5.11 Å². The van der Waals surface area contributed by atoms with Gasteiger partial charge in [0.15, 0.2) is 0 Å². The summed E-state index contributed by atoms with van der Waals surface area (Å²) >= 11 is 0. The summed E-state index contributed by atoms with van der Waals surface area (Å²) in [5.74, 6) is 5.40. The minimum Gasteiger partial charge on any atom is -0.384 e. The third kappa shape index (κ3) is 2.86. The smallest absolute Gasteiger partial charge is 0.104 e. The number of nitrogens with zero attached hydrogens (tertiary/aromatic N) is 1. The Morgan fingerprint density at radius 2 is 2.07 bits per heavy atom. The van der Waals surface area contributed by atoms with Gasteiger partial charge in [0.1, 0.15) is 6.61 Å². The molecule has 1 rings (SSSR count). The van der Waals surface area contributed by atoms with E-state index in [4.69, 9.17) is 5.11 Å². The number of rotatable bonds is 0. The Morgan fingerprint density at radius 3 is 2.50 bits per heavy atom. The van der Waals surface area contributed by atoms with Crippen LogP contribution in [-0.2, 0) is 5.41 Å². The molecule has 0 radical (unpaired) electrons. The number of aromatic nitrogens is 1. The number of hydrogen-bond acceptors (Lipinski definition) is 2. The molecule has 0 amide bonds. The molecule has 1 heterocycles. The van der Waals surface area contributed by atoms with E-state index in [1.54, 1.807) is 6.20 Å². The van der Waals surface area contributed by atoms with Gasteiger partial charge >= 0.3 is 0 Å². The highest BCUT2D eigenvalue weighted by Crippen LogP contribution is 2.19. The van der Waals surface area contributed by atoms with E-state index < -0.39 is 0 Å². The second kappa shape index (κ2) is 4.26. The Kier molecular flexibility index (Phi) is 3.27. The normalized spacial score (nSPS) is 10.6. The molecule has 0 bridgehead atoms. The van der Waals surface area contributed by atoms with Crippen LogP contribution in [0.1, 0.15) is 32.0 Å². The van der Waals surface area contributed by atoms with Gasteiger partial charge in [0.2, 0.25) is 0 Å². The maximum absolute atomic E-state index is 8.52. The molecule has 74 valence electrons. The van der Waals surface area contributed by atoms with E-state index >= 15 is 0 Å². The highest BCUT2D eigenvalue weighted by Gasteiger charge is 2.14. The lowest BCUT2D eigenvalue weighted by atomic mass is 9.91. The average molecular weight is 189 g/mol. The Hall–Kier alpha value is -1.33. The summed E-state index contributed by atoms with van der Waals surface area (Å²) in [6.07, 6.45) is 1.74. The Bertz CT molecular complexity index is 349. The lowest BCUT2D eigenvalue weighted by Crippen LogP contribution is -2.12. The fourth-order valence-corrected chi connectivity index (χ4v) is 1.05. The van der Waals surface area contributed by atoms with Crippen LogP contribution >= 0.6 is 0 Å². The molecule has 0 atom stereocenters. The molecule has 0 aliphatic rings. The first-order valence-corrected chi connectivity index (χ1v) is 4.60. The first kappa shape index (κ1) is 10.7. The number of pyridine rings is 1. The average Bonchev–Trinajstić information content (AvgIpc) is 2.14. The summed E-state index contributed by atoms with van der Waals surface area (Å²) in [5, 5.41) is 8.52. The second-order valence-corrected chi connectivity index (χ2v) is 4.14. The maximum atomic E-state index is 8.52. The summed E-state index contributed by atoms with van der Waals surface area (Å²) in [6, 6.07) is 3.90. The van der Waals surface area contributed by atoms with E-state index in [-0.39, 0.29) is 12.0 Å². The van der Waals surface area contributed by atoms with Crippen LogP contribution in [0.25, 0.3) is 0 Å². The summed E-state index contributed by atoms with van der Waals surface area (Å²) < 4.78 is 0. The quantitative estimate of drug-likeness (QED) is 0.630. The van der Waals surface area contributed by atoms with Crippen molar-refractivity contribution in [2.24, 2.45) is 0 Å². The fraction of sp³-hybridized carbons (Fsp3) is 0.417. The van der Waals surface area contributed by atoms with Crippen molar-refractivity contribution in [3.8, 4) is 11.8 Å². The van der Waals surface area contributed by atoms with Crippen molar-refractivity contribution in [2.75, 3.05) is 6.61 Å². The third-order valence-corrected chi connectivity index (χ3v) is 1.84. The Morgan fingerprint density at radius 1 is 1.36 bits per heavy atom. The van der Waals surface area contributed by atoms with E-state index in [2.05, 4.69) is 37.6 Å². The molecule has 14 heavy (non-hydrogen) atoms. The van der Waals surface area contributed by atoms with Crippen LogP contribution in [0.3, 0.4) is 0 Å². The topological polar surface area (TPSA) is 33.1 Å². The van der Waals surface area contributed by atoms with Crippen molar-refractivity contribution >= 4 is 0 Å². The monoisotopic (exact) mass is 189 g/mol. The third-order valence-electron chi connectivity index (χ3n) is 1.84. The van der Waals surface area contributed by atoms with Crippen LogP contribution in [0.2, 0.25) is 0 Å². The summed E-state index contributed by atoms with van der Waals surface area (Å²) in [5.41, 5.74) is 1.96. The van der Waals surface area contributed by atoms with Gasteiger partial charge < -0.3 is 5.11 Å². The van der Waals surface area contributed by atoms with E-state index in [0.717, 1.165) is 11.3 Å².